The molecule has 0 fully saturated rings. The van der Waals surface area contributed by atoms with Gasteiger partial charge in [-0.1, -0.05) is 71.6 Å². The van der Waals surface area contributed by atoms with Crippen molar-refractivity contribution in [2.45, 2.75) is 35.9 Å². The Morgan fingerprint density at radius 3 is 2.56 bits per heavy atom. The van der Waals surface area contributed by atoms with Crippen molar-refractivity contribution >= 4 is 46.3 Å². The third-order valence-corrected chi connectivity index (χ3v) is 6.26. The molecule has 7 heteroatoms. The first-order chi connectivity index (χ1) is 13.0. The van der Waals surface area contributed by atoms with E-state index in [1.807, 2.05) is 49.4 Å². The number of thioether (sulfide) groups is 1. The Bertz CT molecular complexity index is 899. The van der Waals surface area contributed by atoms with Crippen LogP contribution >= 0.6 is 34.7 Å². The quantitative estimate of drug-likeness (QED) is 0.386. The number of nitrogens with zero attached hydrogens (tertiary/aromatic N) is 3. The van der Waals surface area contributed by atoms with Crippen molar-refractivity contribution in [2.75, 3.05) is 4.90 Å². The average molecular weight is 418 g/mol. The van der Waals surface area contributed by atoms with Crippen molar-refractivity contribution < 1.29 is 4.79 Å². The fourth-order valence-electron chi connectivity index (χ4n) is 2.58. The maximum absolute atomic E-state index is 12.7. The second-order valence-electron chi connectivity index (χ2n) is 6.06. The minimum atomic E-state index is -0.607. The van der Waals surface area contributed by atoms with Crippen LogP contribution in [-0.4, -0.2) is 21.5 Å². The van der Waals surface area contributed by atoms with Gasteiger partial charge in [-0.2, -0.15) is 0 Å². The van der Waals surface area contributed by atoms with E-state index in [2.05, 4.69) is 22.3 Å². The predicted octanol–water partition coefficient (Wildman–Crippen LogP) is 5.30. The van der Waals surface area contributed by atoms with Gasteiger partial charge in [0.05, 0.1) is 6.54 Å². The highest BCUT2D eigenvalue weighted by molar-refractivity contribution is 8.00. The van der Waals surface area contributed by atoms with Gasteiger partial charge in [-0.15, -0.1) is 21.8 Å². The molecule has 1 unspecified atom stereocenters. The maximum atomic E-state index is 12.7. The number of aromatic nitrogens is 2. The number of hydrogen-bond donors (Lipinski definition) is 0. The van der Waals surface area contributed by atoms with Gasteiger partial charge in [0.1, 0.15) is 10.4 Å². The lowest BCUT2D eigenvalue weighted by molar-refractivity contribution is -0.118. The normalized spacial score (nSPS) is 12.0. The van der Waals surface area contributed by atoms with Crippen LogP contribution in [0.5, 0.6) is 0 Å². The molecular weight excluding hydrogens is 398 g/mol. The standard InChI is InChI=1S/C20H20ClN3OS2/c1-14-8-6-7-11-17(14)24(19(25)15(2)21)12-18-22-23-20(27-18)26-13-16-9-4-3-5-10-16/h3-11,15H,12-13H2,1-2H3. The van der Waals surface area contributed by atoms with E-state index < -0.39 is 5.38 Å². The van der Waals surface area contributed by atoms with Gasteiger partial charge >= 0.3 is 0 Å². The number of anilines is 1. The first kappa shape index (κ1) is 19.9. The second-order valence-corrected chi connectivity index (χ2v) is 9.00. The van der Waals surface area contributed by atoms with Crippen LogP contribution < -0.4 is 4.90 Å². The van der Waals surface area contributed by atoms with E-state index in [9.17, 15) is 4.79 Å². The molecule has 1 amide bonds. The molecule has 3 aromatic rings. The highest BCUT2D eigenvalue weighted by atomic mass is 35.5. The zero-order valence-corrected chi connectivity index (χ0v) is 17.5. The van der Waals surface area contributed by atoms with Crippen molar-refractivity contribution in [1.82, 2.24) is 10.2 Å². The van der Waals surface area contributed by atoms with Crippen LogP contribution in [-0.2, 0) is 17.1 Å². The van der Waals surface area contributed by atoms with Crippen molar-refractivity contribution in [1.29, 1.82) is 0 Å². The molecule has 0 aliphatic heterocycles. The molecule has 1 heterocycles. The molecule has 0 saturated carbocycles. The summed E-state index contributed by atoms with van der Waals surface area (Å²) in [6.07, 6.45) is 0. The predicted molar refractivity (Wildman–Crippen MR) is 114 cm³/mol. The smallest absolute Gasteiger partial charge is 0.245 e. The lowest BCUT2D eigenvalue weighted by atomic mass is 10.1. The molecule has 3 rings (SSSR count). The summed E-state index contributed by atoms with van der Waals surface area (Å²) < 4.78 is 0.893. The van der Waals surface area contributed by atoms with Gasteiger partial charge in [-0.3, -0.25) is 4.79 Å². The molecule has 1 aromatic heterocycles. The molecule has 0 N–H and O–H groups in total. The molecule has 2 aromatic carbocycles. The molecule has 0 aliphatic rings. The van der Waals surface area contributed by atoms with E-state index in [-0.39, 0.29) is 5.91 Å². The number of carbonyl (C=O) groups is 1. The van der Waals surface area contributed by atoms with E-state index >= 15 is 0 Å². The lowest BCUT2D eigenvalue weighted by Crippen LogP contribution is -2.35. The summed E-state index contributed by atoms with van der Waals surface area (Å²) in [5, 5.41) is 8.73. The van der Waals surface area contributed by atoms with E-state index in [0.29, 0.717) is 6.54 Å². The third-order valence-electron chi connectivity index (χ3n) is 3.96. The fraction of sp³-hybridized carbons (Fsp3) is 0.250. The third kappa shape index (κ3) is 5.31. The number of benzene rings is 2. The zero-order valence-electron chi connectivity index (χ0n) is 15.1. The van der Waals surface area contributed by atoms with Gasteiger partial charge in [0.2, 0.25) is 5.91 Å². The molecule has 27 heavy (non-hydrogen) atoms. The van der Waals surface area contributed by atoms with Gasteiger partial charge in [0.15, 0.2) is 4.34 Å². The van der Waals surface area contributed by atoms with E-state index in [1.54, 1.807) is 23.6 Å². The Labute approximate surface area is 172 Å². The highest BCUT2D eigenvalue weighted by Gasteiger charge is 2.23. The van der Waals surface area contributed by atoms with Crippen LogP contribution in [0.3, 0.4) is 0 Å². The topological polar surface area (TPSA) is 46.1 Å². The molecule has 140 valence electrons. The molecule has 0 saturated heterocycles. The van der Waals surface area contributed by atoms with Crippen molar-refractivity contribution in [3.8, 4) is 0 Å². The summed E-state index contributed by atoms with van der Waals surface area (Å²) in [7, 11) is 0. The maximum Gasteiger partial charge on any atom is 0.245 e. The highest BCUT2D eigenvalue weighted by Crippen LogP contribution is 2.29. The summed E-state index contributed by atoms with van der Waals surface area (Å²) in [6.45, 7) is 4.04. The summed E-state index contributed by atoms with van der Waals surface area (Å²) in [6, 6.07) is 18.0. The average Bonchev–Trinajstić information content (AvgIpc) is 3.13. The van der Waals surface area contributed by atoms with Crippen molar-refractivity contribution in [3.63, 3.8) is 0 Å². The van der Waals surface area contributed by atoms with Gasteiger partial charge in [0, 0.05) is 11.4 Å². The minimum absolute atomic E-state index is 0.139. The first-order valence-electron chi connectivity index (χ1n) is 8.55. The fourth-order valence-corrected chi connectivity index (χ4v) is 4.54. The zero-order chi connectivity index (χ0) is 19.2. The number of halogens is 1. The number of hydrogen-bond acceptors (Lipinski definition) is 5. The molecule has 0 radical (unpaired) electrons. The lowest BCUT2D eigenvalue weighted by Gasteiger charge is -2.24. The van der Waals surface area contributed by atoms with Crippen LogP contribution in [0.15, 0.2) is 58.9 Å². The van der Waals surface area contributed by atoms with Crippen molar-refractivity contribution in [3.05, 3.63) is 70.7 Å². The van der Waals surface area contributed by atoms with Crippen molar-refractivity contribution in [2.24, 2.45) is 0 Å². The van der Waals surface area contributed by atoms with Gasteiger partial charge in [-0.25, -0.2) is 0 Å². The first-order valence-corrected chi connectivity index (χ1v) is 10.8. The Morgan fingerprint density at radius 2 is 1.85 bits per heavy atom. The SMILES string of the molecule is Cc1ccccc1N(Cc1nnc(SCc2ccccc2)s1)C(=O)C(C)Cl. The Kier molecular flexibility index (Phi) is 6.88. The van der Waals surface area contributed by atoms with Crippen LogP contribution in [0.1, 0.15) is 23.1 Å². The van der Waals surface area contributed by atoms with Gasteiger partial charge in [0.25, 0.3) is 0 Å². The summed E-state index contributed by atoms with van der Waals surface area (Å²) >= 11 is 9.25. The van der Waals surface area contributed by atoms with Crippen LogP contribution in [0, 0.1) is 6.92 Å². The number of aryl methyl sites for hydroxylation is 1. The number of rotatable bonds is 7. The van der Waals surface area contributed by atoms with E-state index in [4.69, 9.17) is 11.6 Å². The van der Waals surface area contributed by atoms with Crippen LogP contribution in [0.2, 0.25) is 0 Å². The molecular formula is C20H20ClN3OS2. The number of alkyl halides is 1. The van der Waals surface area contributed by atoms with Gasteiger partial charge < -0.3 is 4.90 Å². The van der Waals surface area contributed by atoms with E-state index in [0.717, 1.165) is 26.4 Å². The summed E-state index contributed by atoms with van der Waals surface area (Å²) in [5.74, 6) is 0.703. The van der Waals surface area contributed by atoms with Crippen LogP contribution in [0.25, 0.3) is 0 Å². The number of carbonyl (C=O) groups excluding carboxylic acids is 1. The molecule has 4 nitrogen and oxygen atoms in total. The van der Waals surface area contributed by atoms with Crippen LogP contribution in [0.4, 0.5) is 5.69 Å². The van der Waals surface area contributed by atoms with E-state index in [1.165, 1.54) is 16.9 Å². The van der Waals surface area contributed by atoms with Gasteiger partial charge in [-0.05, 0) is 31.0 Å². The molecule has 0 spiro atoms. The monoisotopic (exact) mass is 417 g/mol. The summed E-state index contributed by atoms with van der Waals surface area (Å²) in [4.78, 5) is 14.4. The Balaban J connectivity index is 1.74. The Morgan fingerprint density at radius 1 is 1.15 bits per heavy atom. The second kappa shape index (κ2) is 9.35. The summed E-state index contributed by atoms with van der Waals surface area (Å²) in [5.41, 5.74) is 3.11. The molecule has 0 bridgehead atoms. The minimum Gasteiger partial charge on any atom is -0.304 e. The molecule has 0 aliphatic carbocycles. The largest absolute Gasteiger partial charge is 0.304 e. The Hall–Kier alpha value is -1.89. The molecule has 1 atom stereocenters. The number of amides is 1. The number of para-hydroxylation sites is 1.